The quantitative estimate of drug-likeness (QED) is 0.668. The second-order valence-electron chi connectivity index (χ2n) is 6.23. The first kappa shape index (κ1) is 17.9. The fraction of sp³-hybridized carbons (Fsp3) is 0.867. The van der Waals surface area contributed by atoms with Gasteiger partial charge in [-0.05, 0) is 24.7 Å². The van der Waals surface area contributed by atoms with Crippen LogP contribution in [0.4, 0.5) is 0 Å². The van der Waals surface area contributed by atoms with E-state index in [9.17, 15) is 9.59 Å². The average Bonchev–Trinajstić information content (AvgIpc) is 2.33. The van der Waals surface area contributed by atoms with Crippen LogP contribution in [0, 0.1) is 17.3 Å². The summed E-state index contributed by atoms with van der Waals surface area (Å²) in [6.07, 6.45) is 2.84. The second kappa shape index (κ2) is 8.18. The van der Waals surface area contributed by atoms with E-state index in [-0.39, 0.29) is 29.2 Å². The van der Waals surface area contributed by atoms with Crippen molar-refractivity contribution in [1.29, 1.82) is 0 Å². The maximum atomic E-state index is 11.9. The van der Waals surface area contributed by atoms with E-state index in [1.165, 1.54) is 14.2 Å². The highest BCUT2D eigenvalue weighted by Gasteiger charge is 2.31. The Morgan fingerprint density at radius 2 is 1.47 bits per heavy atom. The molecule has 19 heavy (non-hydrogen) atoms. The summed E-state index contributed by atoms with van der Waals surface area (Å²) in [4.78, 5) is 23.6. The van der Waals surface area contributed by atoms with Gasteiger partial charge in [0.05, 0.1) is 26.1 Å². The van der Waals surface area contributed by atoms with Crippen molar-refractivity contribution in [3.63, 3.8) is 0 Å². The molecule has 0 spiro atoms. The Morgan fingerprint density at radius 1 is 1.00 bits per heavy atom. The fourth-order valence-corrected chi connectivity index (χ4v) is 2.36. The van der Waals surface area contributed by atoms with Gasteiger partial charge in [0.25, 0.3) is 0 Å². The Balaban J connectivity index is 4.84. The van der Waals surface area contributed by atoms with Gasteiger partial charge in [0, 0.05) is 0 Å². The van der Waals surface area contributed by atoms with Crippen LogP contribution in [0.1, 0.15) is 53.4 Å². The SMILES string of the molecule is CCC[C@@H](C[C@H](CC(C)(C)C)C(=O)OC)C(=O)OC. The van der Waals surface area contributed by atoms with Crippen LogP contribution in [-0.4, -0.2) is 26.2 Å². The number of hydrogen-bond donors (Lipinski definition) is 0. The largest absolute Gasteiger partial charge is 0.469 e. The zero-order chi connectivity index (χ0) is 15.1. The van der Waals surface area contributed by atoms with Crippen LogP contribution in [0.3, 0.4) is 0 Å². The van der Waals surface area contributed by atoms with Gasteiger partial charge in [-0.25, -0.2) is 0 Å². The summed E-state index contributed by atoms with van der Waals surface area (Å²) >= 11 is 0. The Morgan fingerprint density at radius 3 is 1.84 bits per heavy atom. The lowest BCUT2D eigenvalue weighted by atomic mass is 9.80. The molecule has 0 aromatic carbocycles. The van der Waals surface area contributed by atoms with E-state index >= 15 is 0 Å². The van der Waals surface area contributed by atoms with E-state index < -0.39 is 0 Å². The highest BCUT2D eigenvalue weighted by Crippen LogP contribution is 2.31. The van der Waals surface area contributed by atoms with E-state index in [2.05, 4.69) is 20.8 Å². The van der Waals surface area contributed by atoms with Gasteiger partial charge < -0.3 is 9.47 Å². The lowest BCUT2D eigenvalue weighted by molar-refractivity contribution is -0.150. The first-order valence-electron chi connectivity index (χ1n) is 6.90. The number of esters is 2. The van der Waals surface area contributed by atoms with Gasteiger partial charge in [-0.15, -0.1) is 0 Å². The number of hydrogen-bond acceptors (Lipinski definition) is 4. The molecule has 0 aromatic rings. The molecular formula is C15H28O4. The van der Waals surface area contributed by atoms with Gasteiger partial charge in [-0.1, -0.05) is 34.1 Å². The standard InChI is InChI=1S/C15H28O4/c1-7-8-11(13(16)18-5)9-12(14(17)19-6)10-15(2,3)4/h11-12H,7-10H2,1-6H3/t11-,12+/m0/s1. The summed E-state index contributed by atoms with van der Waals surface area (Å²) in [5.74, 6) is -0.938. The van der Waals surface area contributed by atoms with Crippen LogP contribution >= 0.6 is 0 Å². The van der Waals surface area contributed by atoms with Crippen molar-refractivity contribution in [2.45, 2.75) is 53.4 Å². The predicted molar refractivity (Wildman–Crippen MR) is 74.6 cm³/mol. The van der Waals surface area contributed by atoms with E-state index in [0.29, 0.717) is 12.8 Å². The zero-order valence-electron chi connectivity index (χ0n) is 13.1. The van der Waals surface area contributed by atoms with E-state index in [4.69, 9.17) is 9.47 Å². The summed E-state index contributed by atoms with van der Waals surface area (Å²) in [5, 5.41) is 0. The van der Waals surface area contributed by atoms with Crippen molar-refractivity contribution < 1.29 is 19.1 Å². The molecular weight excluding hydrogens is 244 g/mol. The van der Waals surface area contributed by atoms with Gasteiger partial charge in [-0.2, -0.15) is 0 Å². The van der Waals surface area contributed by atoms with Gasteiger partial charge in [-0.3, -0.25) is 9.59 Å². The van der Waals surface area contributed by atoms with Crippen LogP contribution in [0.15, 0.2) is 0 Å². The molecule has 0 heterocycles. The third-order valence-electron chi connectivity index (χ3n) is 3.13. The fourth-order valence-electron chi connectivity index (χ4n) is 2.36. The van der Waals surface area contributed by atoms with Crippen molar-refractivity contribution >= 4 is 11.9 Å². The lowest BCUT2D eigenvalue weighted by Gasteiger charge is -2.26. The molecule has 0 bridgehead atoms. The van der Waals surface area contributed by atoms with E-state index in [1.807, 2.05) is 6.92 Å². The summed E-state index contributed by atoms with van der Waals surface area (Å²) in [5.41, 5.74) is 0.0196. The smallest absolute Gasteiger partial charge is 0.308 e. The molecule has 0 N–H and O–H groups in total. The van der Waals surface area contributed by atoms with Gasteiger partial charge >= 0.3 is 11.9 Å². The number of methoxy groups -OCH3 is 2. The molecule has 0 aromatic heterocycles. The number of carbonyl (C=O) groups excluding carboxylic acids is 2. The first-order chi connectivity index (χ1) is 8.75. The van der Waals surface area contributed by atoms with Crippen molar-refractivity contribution in [2.24, 2.45) is 17.3 Å². The highest BCUT2D eigenvalue weighted by atomic mass is 16.5. The van der Waals surface area contributed by atoms with E-state index in [1.54, 1.807) is 0 Å². The minimum atomic E-state index is -0.249. The molecule has 0 fully saturated rings. The van der Waals surface area contributed by atoms with Crippen molar-refractivity contribution in [1.82, 2.24) is 0 Å². The Labute approximate surface area is 116 Å². The topological polar surface area (TPSA) is 52.6 Å². The third kappa shape index (κ3) is 7.19. The van der Waals surface area contributed by atoms with Crippen LogP contribution in [0.5, 0.6) is 0 Å². The third-order valence-corrected chi connectivity index (χ3v) is 3.13. The minimum Gasteiger partial charge on any atom is -0.469 e. The molecule has 0 unspecified atom stereocenters. The monoisotopic (exact) mass is 272 g/mol. The minimum absolute atomic E-state index is 0.0196. The molecule has 0 radical (unpaired) electrons. The second-order valence-corrected chi connectivity index (χ2v) is 6.23. The molecule has 4 heteroatoms. The van der Waals surface area contributed by atoms with Gasteiger partial charge in [0.15, 0.2) is 0 Å². The Hall–Kier alpha value is -1.06. The molecule has 2 atom stereocenters. The maximum Gasteiger partial charge on any atom is 0.308 e. The molecule has 0 aliphatic carbocycles. The summed E-state index contributed by atoms with van der Waals surface area (Å²) < 4.78 is 9.68. The Kier molecular flexibility index (Phi) is 7.72. The summed E-state index contributed by atoms with van der Waals surface area (Å²) in [6, 6.07) is 0. The van der Waals surface area contributed by atoms with Gasteiger partial charge in [0.1, 0.15) is 0 Å². The molecule has 0 aliphatic rings. The number of carbonyl (C=O) groups is 2. The summed E-state index contributed by atoms with van der Waals surface area (Å²) in [6.45, 7) is 8.26. The van der Waals surface area contributed by atoms with Crippen molar-refractivity contribution in [3.05, 3.63) is 0 Å². The van der Waals surface area contributed by atoms with Crippen LogP contribution in [0.2, 0.25) is 0 Å². The molecule has 0 rings (SSSR count). The molecule has 4 nitrogen and oxygen atoms in total. The lowest BCUT2D eigenvalue weighted by Crippen LogP contribution is -2.28. The average molecular weight is 272 g/mol. The predicted octanol–water partition coefficient (Wildman–Crippen LogP) is 3.19. The Bertz CT molecular complexity index is 291. The maximum absolute atomic E-state index is 11.9. The normalized spacial score (nSPS) is 14.6. The van der Waals surface area contributed by atoms with E-state index in [0.717, 1.165) is 12.8 Å². The van der Waals surface area contributed by atoms with Crippen LogP contribution in [-0.2, 0) is 19.1 Å². The molecule has 0 amide bonds. The van der Waals surface area contributed by atoms with Crippen LogP contribution in [0.25, 0.3) is 0 Å². The summed E-state index contributed by atoms with van der Waals surface area (Å²) in [7, 11) is 2.78. The van der Waals surface area contributed by atoms with Gasteiger partial charge in [0.2, 0.25) is 0 Å². The zero-order valence-corrected chi connectivity index (χ0v) is 13.1. The number of rotatable bonds is 7. The van der Waals surface area contributed by atoms with Crippen molar-refractivity contribution in [2.75, 3.05) is 14.2 Å². The highest BCUT2D eigenvalue weighted by molar-refractivity contribution is 5.76. The molecule has 0 saturated heterocycles. The van der Waals surface area contributed by atoms with Crippen LogP contribution < -0.4 is 0 Å². The molecule has 0 saturated carbocycles. The first-order valence-corrected chi connectivity index (χ1v) is 6.90. The molecule has 0 aliphatic heterocycles. The number of ether oxygens (including phenoxy) is 2. The van der Waals surface area contributed by atoms with Crippen molar-refractivity contribution in [3.8, 4) is 0 Å². The molecule has 112 valence electrons.